The largest absolute Gasteiger partial charge is 0.393 e. The summed E-state index contributed by atoms with van der Waals surface area (Å²) in [6.07, 6.45) is 12.9. The van der Waals surface area contributed by atoms with Crippen LogP contribution in [0.2, 0.25) is 5.02 Å². The molecule has 1 aliphatic heterocycles. The van der Waals surface area contributed by atoms with E-state index in [9.17, 15) is 15.0 Å². The molecule has 1 aromatic heterocycles. The number of β-amino-alcohol motifs (C(OH)–C–C–N with tert-alkyl or cyclic N) is 1. The van der Waals surface area contributed by atoms with Gasteiger partial charge in [-0.3, -0.25) is 9.69 Å². The molecule has 0 saturated heterocycles. The van der Waals surface area contributed by atoms with Crippen molar-refractivity contribution in [2.24, 2.45) is 33.5 Å². The number of fused-ring (bicyclic) bond motifs is 4. The zero-order valence-electron chi connectivity index (χ0n) is 28.0. The monoisotopic (exact) mass is 668 g/mol. The molecule has 3 N–H and O–H groups in total. The summed E-state index contributed by atoms with van der Waals surface area (Å²) in [6.45, 7) is 6.98. The van der Waals surface area contributed by atoms with Crippen LogP contribution in [0, 0.1) is 39.3 Å². The van der Waals surface area contributed by atoms with Crippen LogP contribution in [0.4, 0.5) is 4.39 Å². The Labute approximate surface area is 287 Å². The fourth-order valence-corrected chi connectivity index (χ4v) is 12.6. The maximum atomic E-state index is 15.1. The zero-order valence-corrected chi connectivity index (χ0v) is 28.8. The lowest BCUT2D eigenvalue weighted by atomic mass is 9.32. The molecule has 3 fully saturated rings. The summed E-state index contributed by atoms with van der Waals surface area (Å²) in [4.78, 5) is 20.8. The van der Waals surface area contributed by atoms with E-state index in [1.165, 1.54) is 28.2 Å². The van der Waals surface area contributed by atoms with Crippen LogP contribution in [-0.2, 0) is 24.2 Å². The molecule has 3 saturated carbocycles. The third-order valence-corrected chi connectivity index (χ3v) is 15.2. The standard InChI is InChI=1S/C41H46ClFN2O3/c1-37-14-10-25(46)21-39(37)17-18-41(29(22-39)34(47)20-28-30(42)7-5-8-31(28)43)35(37)11-15-38(2)36(41)12-16-40(38,48)24-45-19-13-27-26-6-3-4-9-32(26)44-33(27)23-45/h3-9,17-18,22,25,35-36,44,46,48H,10-16,19-21,23-24H2,1-2H3/t25?,35-,36-,37-,38+,39+,40-,41-/m1/s1. The molecular weight excluding hydrogens is 623 g/mol. The van der Waals surface area contributed by atoms with Gasteiger partial charge in [0.15, 0.2) is 5.78 Å². The van der Waals surface area contributed by atoms with Crippen molar-refractivity contribution in [3.8, 4) is 0 Å². The first-order chi connectivity index (χ1) is 22.9. The molecule has 3 aromatic rings. The van der Waals surface area contributed by atoms with Crippen molar-refractivity contribution >= 4 is 28.3 Å². The number of allylic oxidation sites excluding steroid dienone is 4. The van der Waals surface area contributed by atoms with Crippen LogP contribution in [0.5, 0.6) is 0 Å². The predicted octanol–water partition coefficient (Wildman–Crippen LogP) is 7.72. The van der Waals surface area contributed by atoms with Gasteiger partial charge in [0, 0.05) is 75.1 Å². The van der Waals surface area contributed by atoms with Gasteiger partial charge >= 0.3 is 0 Å². The third-order valence-electron chi connectivity index (χ3n) is 14.9. The van der Waals surface area contributed by atoms with Crippen LogP contribution < -0.4 is 0 Å². The average Bonchev–Trinajstić information content (AvgIpc) is 3.56. The molecule has 8 atom stereocenters. The summed E-state index contributed by atoms with van der Waals surface area (Å²) < 4.78 is 15.1. The van der Waals surface area contributed by atoms with Gasteiger partial charge < -0.3 is 15.2 Å². The van der Waals surface area contributed by atoms with Gasteiger partial charge in [-0.15, -0.1) is 0 Å². The molecule has 7 heteroatoms. The van der Waals surface area contributed by atoms with Crippen LogP contribution in [0.25, 0.3) is 10.9 Å². The molecule has 7 aliphatic rings. The lowest BCUT2D eigenvalue weighted by Gasteiger charge is -2.71. The van der Waals surface area contributed by atoms with Crippen molar-refractivity contribution in [3.63, 3.8) is 0 Å². The molecule has 0 amide bonds. The van der Waals surface area contributed by atoms with E-state index in [1.807, 2.05) is 0 Å². The van der Waals surface area contributed by atoms with Gasteiger partial charge in [0.2, 0.25) is 0 Å². The van der Waals surface area contributed by atoms with Gasteiger partial charge in [0.25, 0.3) is 0 Å². The number of aliphatic hydroxyl groups excluding tert-OH is 1. The van der Waals surface area contributed by atoms with E-state index in [-0.39, 0.29) is 40.0 Å². The lowest BCUT2D eigenvalue weighted by Crippen LogP contribution is -2.67. The number of hydrogen-bond acceptors (Lipinski definition) is 4. The Hall–Kier alpha value is -2.77. The average molecular weight is 669 g/mol. The number of nitrogens with one attached hydrogen (secondary N) is 1. The Morgan fingerprint density at radius 1 is 1.02 bits per heavy atom. The number of rotatable bonds is 5. The van der Waals surface area contributed by atoms with E-state index in [2.05, 4.69) is 66.2 Å². The number of Topliss-reactive ketones (excluding diaryl/α,β-unsaturated/α-hetero) is 1. The van der Waals surface area contributed by atoms with Crippen molar-refractivity contribution in [3.05, 3.63) is 93.9 Å². The Bertz CT molecular complexity index is 1900. The Balaban J connectivity index is 1.09. The first-order valence-corrected chi connectivity index (χ1v) is 18.4. The number of halogens is 2. The molecule has 2 bridgehead atoms. The fraction of sp³-hybridized carbons (Fsp3) is 0.537. The van der Waals surface area contributed by atoms with Gasteiger partial charge in [-0.05, 0) is 92.4 Å². The number of ketones is 1. The summed E-state index contributed by atoms with van der Waals surface area (Å²) in [5.74, 6) is -0.278. The molecule has 2 spiro atoms. The van der Waals surface area contributed by atoms with E-state index in [0.717, 1.165) is 57.2 Å². The number of H-pyrrole nitrogens is 1. The molecule has 1 unspecified atom stereocenters. The number of aliphatic hydroxyl groups is 2. The topological polar surface area (TPSA) is 76.6 Å². The highest BCUT2D eigenvalue weighted by Gasteiger charge is 2.74. The number of aromatic amines is 1. The van der Waals surface area contributed by atoms with Gasteiger partial charge in [-0.1, -0.05) is 67.9 Å². The Morgan fingerprint density at radius 3 is 2.62 bits per heavy atom. The molecule has 0 radical (unpaired) electrons. The van der Waals surface area contributed by atoms with Crippen LogP contribution >= 0.6 is 11.6 Å². The van der Waals surface area contributed by atoms with Crippen LogP contribution in [0.15, 0.2) is 66.3 Å². The smallest absolute Gasteiger partial charge is 0.164 e. The molecule has 252 valence electrons. The van der Waals surface area contributed by atoms with Crippen LogP contribution in [0.3, 0.4) is 0 Å². The maximum absolute atomic E-state index is 15.1. The van der Waals surface area contributed by atoms with Crippen LogP contribution in [-0.4, -0.2) is 50.7 Å². The number of nitrogens with zero attached hydrogens (tertiary/aromatic N) is 1. The third kappa shape index (κ3) is 3.98. The quantitative estimate of drug-likeness (QED) is 0.243. The lowest BCUT2D eigenvalue weighted by molar-refractivity contribution is -0.179. The van der Waals surface area contributed by atoms with Crippen LogP contribution in [0.1, 0.15) is 75.6 Å². The summed E-state index contributed by atoms with van der Waals surface area (Å²) in [6, 6.07) is 13.1. The van der Waals surface area contributed by atoms with Crippen molar-refractivity contribution in [2.75, 3.05) is 13.1 Å². The van der Waals surface area contributed by atoms with Crippen molar-refractivity contribution < 1.29 is 19.4 Å². The second-order valence-corrected chi connectivity index (χ2v) is 17.1. The number of carbonyl (C=O) groups is 1. The minimum atomic E-state index is -0.909. The molecule has 2 heterocycles. The second-order valence-electron chi connectivity index (χ2n) is 16.7. The highest BCUT2D eigenvalue weighted by molar-refractivity contribution is 6.31. The van der Waals surface area contributed by atoms with E-state index in [1.54, 1.807) is 12.1 Å². The summed E-state index contributed by atoms with van der Waals surface area (Å²) >= 11 is 6.48. The normalized spacial score (nSPS) is 39.9. The van der Waals surface area contributed by atoms with Crippen molar-refractivity contribution in [1.82, 2.24) is 9.88 Å². The first kappa shape index (κ1) is 31.2. The number of carbonyl (C=O) groups excluding carboxylic acids is 1. The minimum Gasteiger partial charge on any atom is -0.393 e. The second kappa shape index (κ2) is 10.4. The summed E-state index contributed by atoms with van der Waals surface area (Å²) in [5, 5.41) is 25.4. The van der Waals surface area contributed by atoms with E-state index >= 15 is 4.39 Å². The summed E-state index contributed by atoms with van der Waals surface area (Å²) in [7, 11) is 0. The van der Waals surface area contributed by atoms with E-state index in [0.29, 0.717) is 19.4 Å². The van der Waals surface area contributed by atoms with Gasteiger partial charge in [0.1, 0.15) is 5.82 Å². The number of para-hydroxylation sites is 1. The maximum Gasteiger partial charge on any atom is 0.164 e. The molecule has 6 aliphatic carbocycles. The number of hydrogen-bond donors (Lipinski definition) is 3. The SMILES string of the molecule is C[C@]12CC[C@H]3[C@]4(C=C[C@@]5(C=C4C(=O)Cc4c(F)cccc4Cl)CC(O)CC[C@]35C)[C@@H]1CC[C@@]2(O)CN1CCc2c([nH]c3ccccc23)C1. The predicted molar refractivity (Wildman–Crippen MR) is 186 cm³/mol. The highest BCUT2D eigenvalue weighted by Crippen LogP contribution is 2.78. The first-order valence-electron chi connectivity index (χ1n) is 18.0. The van der Waals surface area contributed by atoms with E-state index in [4.69, 9.17) is 11.6 Å². The highest BCUT2D eigenvalue weighted by atomic mass is 35.5. The van der Waals surface area contributed by atoms with Gasteiger partial charge in [-0.25, -0.2) is 4.39 Å². The van der Waals surface area contributed by atoms with Crippen molar-refractivity contribution in [2.45, 2.75) is 89.9 Å². The zero-order chi connectivity index (χ0) is 33.3. The fourth-order valence-electron chi connectivity index (χ4n) is 12.4. The molecule has 2 aromatic carbocycles. The molecular formula is C41H46ClFN2O3. The molecule has 10 rings (SSSR count). The Morgan fingerprint density at radius 2 is 1.79 bits per heavy atom. The van der Waals surface area contributed by atoms with Gasteiger partial charge in [0.05, 0.1) is 11.7 Å². The van der Waals surface area contributed by atoms with Crippen molar-refractivity contribution in [1.29, 1.82) is 0 Å². The number of aromatic nitrogens is 1. The molecule has 5 nitrogen and oxygen atoms in total. The number of benzene rings is 2. The van der Waals surface area contributed by atoms with Gasteiger partial charge in [-0.2, -0.15) is 0 Å². The molecule has 48 heavy (non-hydrogen) atoms. The Kier molecular flexibility index (Phi) is 6.75. The minimum absolute atomic E-state index is 0.0618. The summed E-state index contributed by atoms with van der Waals surface area (Å²) in [5.41, 5.74) is 2.43. The van der Waals surface area contributed by atoms with E-state index < -0.39 is 33.8 Å².